The minimum atomic E-state index is 0.0997. The van der Waals surface area contributed by atoms with Gasteiger partial charge in [0.2, 0.25) is 0 Å². The maximum atomic E-state index is 10.9. The monoisotopic (exact) mass is 139 g/mol. The first-order valence-electron chi connectivity index (χ1n) is 3.63. The molecule has 0 aliphatic heterocycles. The molecule has 10 heavy (non-hydrogen) atoms. The predicted molar refractivity (Wildman–Crippen MR) is 40.5 cm³/mol. The van der Waals surface area contributed by atoms with Crippen LogP contribution in [-0.4, -0.2) is 11.8 Å². The molecule has 1 aliphatic carbocycles. The number of carbonyl (C=O) groups is 1. The largest absolute Gasteiger partial charge is 0.324 e. The van der Waals surface area contributed by atoms with Crippen molar-refractivity contribution >= 4 is 5.78 Å². The van der Waals surface area contributed by atoms with E-state index in [0.29, 0.717) is 0 Å². The topological polar surface area (TPSA) is 43.1 Å². The van der Waals surface area contributed by atoms with Gasteiger partial charge >= 0.3 is 0 Å². The fourth-order valence-corrected chi connectivity index (χ4v) is 1.25. The second-order valence-electron chi connectivity index (χ2n) is 2.87. The molecular weight excluding hydrogens is 126 g/mol. The highest BCUT2D eigenvalue weighted by Crippen LogP contribution is 2.17. The molecule has 2 N–H and O–H groups in total. The summed E-state index contributed by atoms with van der Waals surface area (Å²) in [7, 11) is 0. The van der Waals surface area contributed by atoms with E-state index in [1.165, 1.54) is 0 Å². The molecule has 0 saturated heterocycles. The van der Waals surface area contributed by atoms with Gasteiger partial charge in [0, 0.05) is 12.0 Å². The third-order valence-corrected chi connectivity index (χ3v) is 1.94. The molecule has 0 aromatic carbocycles. The number of nitrogens with two attached hydrogens (primary N) is 1. The van der Waals surface area contributed by atoms with Gasteiger partial charge in [-0.3, -0.25) is 4.79 Å². The molecule has 1 aliphatic rings. The lowest BCUT2D eigenvalue weighted by Gasteiger charge is -2.18. The summed E-state index contributed by atoms with van der Waals surface area (Å²) < 4.78 is 0. The first-order chi connectivity index (χ1) is 4.70. The van der Waals surface area contributed by atoms with E-state index in [2.05, 4.69) is 0 Å². The van der Waals surface area contributed by atoms with E-state index in [1.807, 2.05) is 12.2 Å². The Morgan fingerprint density at radius 3 is 2.80 bits per heavy atom. The van der Waals surface area contributed by atoms with Crippen LogP contribution in [0.3, 0.4) is 0 Å². The van der Waals surface area contributed by atoms with Crippen LogP contribution in [0.2, 0.25) is 0 Å². The van der Waals surface area contributed by atoms with Crippen LogP contribution in [0.15, 0.2) is 12.2 Å². The Labute approximate surface area is 61.1 Å². The molecule has 0 aromatic heterocycles. The molecule has 0 heterocycles. The van der Waals surface area contributed by atoms with Gasteiger partial charge in [-0.15, -0.1) is 0 Å². The van der Waals surface area contributed by atoms with E-state index in [4.69, 9.17) is 5.73 Å². The van der Waals surface area contributed by atoms with Crippen molar-refractivity contribution in [3.8, 4) is 0 Å². The highest BCUT2D eigenvalue weighted by molar-refractivity contribution is 5.78. The van der Waals surface area contributed by atoms with Gasteiger partial charge in [0.15, 0.2) is 0 Å². The Morgan fingerprint density at radius 1 is 1.70 bits per heavy atom. The van der Waals surface area contributed by atoms with Crippen molar-refractivity contribution in [3.05, 3.63) is 12.2 Å². The van der Waals surface area contributed by atoms with Crippen LogP contribution in [0, 0.1) is 5.92 Å². The summed E-state index contributed by atoms with van der Waals surface area (Å²) in [5, 5.41) is 0. The number of hydrogen-bond acceptors (Lipinski definition) is 2. The average molecular weight is 139 g/mol. The van der Waals surface area contributed by atoms with Crippen molar-refractivity contribution in [3.63, 3.8) is 0 Å². The van der Waals surface area contributed by atoms with Crippen LogP contribution in [0.1, 0.15) is 19.8 Å². The van der Waals surface area contributed by atoms with Gasteiger partial charge < -0.3 is 5.73 Å². The number of allylic oxidation sites excluding steroid dienone is 1. The molecule has 0 bridgehead atoms. The smallest absolute Gasteiger partial charge is 0.133 e. The summed E-state index contributed by atoms with van der Waals surface area (Å²) >= 11 is 0. The molecule has 0 saturated carbocycles. The molecule has 0 unspecified atom stereocenters. The molecule has 2 heteroatoms. The Hall–Kier alpha value is -0.630. The second-order valence-corrected chi connectivity index (χ2v) is 2.87. The van der Waals surface area contributed by atoms with E-state index in [9.17, 15) is 4.79 Å². The van der Waals surface area contributed by atoms with E-state index in [1.54, 1.807) is 6.92 Å². The molecule has 56 valence electrons. The molecule has 0 fully saturated rings. The van der Waals surface area contributed by atoms with Crippen molar-refractivity contribution in [2.24, 2.45) is 11.7 Å². The van der Waals surface area contributed by atoms with Crippen molar-refractivity contribution in [1.82, 2.24) is 0 Å². The van der Waals surface area contributed by atoms with Crippen molar-refractivity contribution in [1.29, 1.82) is 0 Å². The lowest BCUT2D eigenvalue weighted by Crippen LogP contribution is -2.27. The molecule has 0 spiro atoms. The lowest BCUT2D eigenvalue weighted by molar-refractivity contribution is -0.121. The van der Waals surface area contributed by atoms with E-state index >= 15 is 0 Å². The van der Waals surface area contributed by atoms with Gasteiger partial charge in [-0.2, -0.15) is 0 Å². The zero-order valence-electron chi connectivity index (χ0n) is 6.21. The molecular formula is C8H13NO. The number of Topliss-reactive ketones (excluding diaryl/α,β-unsaturated/α-hetero) is 1. The normalized spacial score (nSPS) is 32.2. The first kappa shape index (κ1) is 7.48. The van der Waals surface area contributed by atoms with E-state index in [0.717, 1.165) is 12.8 Å². The Bertz CT molecular complexity index is 163. The van der Waals surface area contributed by atoms with Gasteiger partial charge in [0.25, 0.3) is 0 Å². The van der Waals surface area contributed by atoms with Crippen molar-refractivity contribution in [2.45, 2.75) is 25.8 Å². The molecule has 2 nitrogen and oxygen atoms in total. The molecule has 0 radical (unpaired) electrons. The standard InChI is InChI=1S/C8H13NO/c1-6(10)7-3-2-4-8(9)5-7/h2,4,7-8H,3,5,9H2,1H3/t7-,8-/m1/s1. The minimum absolute atomic E-state index is 0.0997. The zero-order valence-corrected chi connectivity index (χ0v) is 6.21. The summed E-state index contributed by atoms with van der Waals surface area (Å²) in [6.07, 6.45) is 5.68. The van der Waals surface area contributed by atoms with Gasteiger partial charge in [0.1, 0.15) is 5.78 Å². The highest BCUT2D eigenvalue weighted by atomic mass is 16.1. The van der Waals surface area contributed by atoms with E-state index < -0.39 is 0 Å². The third-order valence-electron chi connectivity index (χ3n) is 1.94. The fraction of sp³-hybridized carbons (Fsp3) is 0.625. The van der Waals surface area contributed by atoms with Gasteiger partial charge in [-0.25, -0.2) is 0 Å². The Morgan fingerprint density at radius 2 is 2.40 bits per heavy atom. The van der Waals surface area contributed by atoms with Crippen LogP contribution in [0.5, 0.6) is 0 Å². The number of ketones is 1. The predicted octanol–water partition coefficient (Wildman–Crippen LogP) is 0.869. The average Bonchev–Trinajstić information content (AvgIpc) is 1.88. The summed E-state index contributed by atoms with van der Waals surface area (Å²) in [5.41, 5.74) is 5.62. The summed E-state index contributed by atoms with van der Waals surface area (Å²) in [6, 6.07) is 0.0997. The van der Waals surface area contributed by atoms with Crippen LogP contribution >= 0.6 is 0 Å². The highest BCUT2D eigenvalue weighted by Gasteiger charge is 2.18. The maximum absolute atomic E-state index is 10.9. The fourth-order valence-electron chi connectivity index (χ4n) is 1.25. The Balaban J connectivity index is 2.52. The van der Waals surface area contributed by atoms with Gasteiger partial charge in [-0.05, 0) is 19.8 Å². The van der Waals surface area contributed by atoms with Gasteiger partial charge in [0.05, 0.1) is 0 Å². The lowest BCUT2D eigenvalue weighted by atomic mass is 9.89. The first-order valence-corrected chi connectivity index (χ1v) is 3.63. The number of hydrogen-bond donors (Lipinski definition) is 1. The molecule has 0 amide bonds. The molecule has 1 rings (SSSR count). The Kier molecular flexibility index (Phi) is 2.22. The van der Waals surface area contributed by atoms with Crippen LogP contribution < -0.4 is 5.73 Å². The maximum Gasteiger partial charge on any atom is 0.133 e. The SMILES string of the molecule is CC(=O)[C@@H]1CC=C[C@@H](N)C1. The van der Waals surface area contributed by atoms with Gasteiger partial charge in [-0.1, -0.05) is 12.2 Å². The van der Waals surface area contributed by atoms with Crippen molar-refractivity contribution in [2.75, 3.05) is 0 Å². The summed E-state index contributed by atoms with van der Waals surface area (Å²) in [5.74, 6) is 0.444. The van der Waals surface area contributed by atoms with Crippen LogP contribution in [-0.2, 0) is 4.79 Å². The van der Waals surface area contributed by atoms with Crippen molar-refractivity contribution < 1.29 is 4.79 Å². The number of carbonyl (C=O) groups excluding carboxylic acids is 1. The van der Waals surface area contributed by atoms with E-state index in [-0.39, 0.29) is 17.7 Å². The molecule has 2 atom stereocenters. The summed E-state index contributed by atoms with van der Waals surface area (Å²) in [4.78, 5) is 10.9. The summed E-state index contributed by atoms with van der Waals surface area (Å²) in [6.45, 7) is 1.64. The third kappa shape index (κ3) is 1.67. The van der Waals surface area contributed by atoms with Crippen LogP contribution in [0.4, 0.5) is 0 Å². The quantitative estimate of drug-likeness (QED) is 0.548. The van der Waals surface area contributed by atoms with Crippen LogP contribution in [0.25, 0.3) is 0 Å². The second kappa shape index (κ2) is 2.97. The number of rotatable bonds is 1. The zero-order chi connectivity index (χ0) is 7.56. The minimum Gasteiger partial charge on any atom is -0.324 e. The molecule has 0 aromatic rings.